The fourth-order valence-corrected chi connectivity index (χ4v) is 2.91. The number of nitrogens with one attached hydrogen (secondary N) is 1. The third kappa shape index (κ3) is 4.14. The predicted octanol–water partition coefficient (Wildman–Crippen LogP) is 1.24. The molecule has 6 heteroatoms. The minimum absolute atomic E-state index is 0.0752. The monoisotopic (exact) mass is 317 g/mol. The first-order valence-corrected chi connectivity index (χ1v) is 7.83. The van der Waals surface area contributed by atoms with Crippen LogP contribution in [-0.4, -0.2) is 16.9 Å². The summed E-state index contributed by atoms with van der Waals surface area (Å²) in [6.45, 7) is 4.13. The summed E-state index contributed by atoms with van der Waals surface area (Å²) >= 11 is 0.989. The van der Waals surface area contributed by atoms with Crippen LogP contribution in [-0.2, 0) is 24.2 Å². The average molecular weight is 317 g/mol. The van der Waals surface area contributed by atoms with Gasteiger partial charge >= 0.3 is 0 Å². The number of carbonyl (C=O) groups is 2. The predicted molar refractivity (Wildman–Crippen MR) is 82.6 cm³/mol. The standard InChI is InChI=1S/C16H18N2O3S/c1-3-11-4-6-12(7-5-11)9-17-13(19)8-14-18-10(2)15(22-14)16(20)21/h4-7H,3,8-9H2,1-2H3,(H,17,19)(H,20,21)/p-1. The van der Waals surface area contributed by atoms with E-state index in [1.54, 1.807) is 6.92 Å². The van der Waals surface area contributed by atoms with Gasteiger partial charge in [-0.2, -0.15) is 0 Å². The minimum atomic E-state index is -1.25. The van der Waals surface area contributed by atoms with Crippen molar-refractivity contribution in [1.29, 1.82) is 0 Å². The van der Waals surface area contributed by atoms with Gasteiger partial charge < -0.3 is 15.2 Å². The van der Waals surface area contributed by atoms with Gasteiger partial charge in [-0.15, -0.1) is 11.3 Å². The molecule has 0 saturated carbocycles. The molecule has 0 spiro atoms. The number of nitrogens with zero attached hydrogens (tertiary/aromatic N) is 1. The number of carbonyl (C=O) groups excluding carboxylic acids is 2. The number of aromatic nitrogens is 1. The Bertz CT molecular complexity index is 677. The molecule has 0 aliphatic heterocycles. The molecule has 1 N–H and O–H groups in total. The number of carboxylic acid groups (broad SMARTS) is 1. The molecule has 2 rings (SSSR count). The van der Waals surface area contributed by atoms with Crippen LogP contribution in [0.25, 0.3) is 0 Å². The fraction of sp³-hybridized carbons (Fsp3) is 0.312. The molecule has 0 atom stereocenters. The molecular formula is C16H17N2O3S-. The molecule has 0 unspecified atom stereocenters. The number of aromatic carboxylic acids is 1. The van der Waals surface area contributed by atoms with E-state index in [1.807, 2.05) is 24.3 Å². The van der Waals surface area contributed by atoms with Crippen molar-refractivity contribution in [1.82, 2.24) is 10.3 Å². The number of thiazole rings is 1. The molecular weight excluding hydrogens is 300 g/mol. The van der Waals surface area contributed by atoms with E-state index < -0.39 is 5.97 Å². The summed E-state index contributed by atoms with van der Waals surface area (Å²) in [4.78, 5) is 26.9. The Morgan fingerprint density at radius 1 is 1.23 bits per heavy atom. The Hall–Kier alpha value is -2.21. The molecule has 1 aromatic heterocycles. The van der Waals surface area contributed by atoms with Crippen LogP contribution in [0.1, 0.15) is 38.4 Å². The van der Waals surface area contributed by atoms with Crippen molar-refractivity contribution in [3.63, 3.8) is 0 Å². The maximum absolute atomic E-state index is 11.9. The SMILES string of the molecule is CCc1ccc(CNC(=O)Cc2nc(C)c(C(=O)[O-])s2)cc1. The highest BCUT2D eigenvalue weighted by Gasteiger charge is 2.11. The Morgan fingerprint density at radius 2 is 1.86 bits per heavy atom. The number of benzene rings is 1. The zero-order valence-electron chi connectivity index (χ0n) is 12.5. The number of rotatable bonds is 6. The van der Waals surface area contributed by atoms with Gasteiger partial charge in [0.15, 0.2) is 0 Å². The molecule has 0 aliphatic carbocycles. The fourth-order valence-electron chi connectivity index (χ4n) is 2.01. The molecule has 0 bridgehead atoms. The van der Waals surface area contributed by atoms with E-state index in [4.69, 9.17) is 0 Å². The largest absolute Gasteiger partial charge is 0.544 e. The lowest BCUT2D eigenvalue weighted by Crippen LogP contribution is -2.24. The van der Waals surface area contributed by atoms with Crippen LogP contribution in [0.5, 0.6) is 0 Å². The smallest absolute Gasteiger partial charge is 0.227 e. The number of hydrogen-bond donors (Lipinski definition) is 1. The quantitative estimate of drug-likeness (QED) is 0.869. The summed E-state index contributed by atoms with van der Waals surface area (Å²) in [5, 5.41) is 14.1. The normalized spacial score (nSPS) is 10.5. The van der Waals surface area contributed by atoms with Crippen molar-refractivity contribution in [3.05, 3.63) is 51.0 Å². The van der Waals surface area contributed by atoms with E-state index in [0.29, 0.717) is 17.2 Å². The second kappa shape index (κ2) is 7.17. The summed E-state index contributed by atoms with van der Waals surface area (Å²) in [7, 11) is 0. The molecule has 1 aromatic carbocycles. The van der Waals surface area contributed by atoms with Crippen LogP contribution in [0.3, 0.4) is 0 Å². The van der Waals surface area contributed by atoms with Gasteiger partial charge in [0, 0.05) is 6.54 Å². The lowest BCUT2D eigenvalue weighted by atomic mass is 10.1. The molecule has 0 aliphatic rings. The lowest BCUT2D eigenvalue weighted by molar-refractivity contribution is -0.254. The van der Waals surface area contributed by atoms with E-state index >= 15 is 0 Å². The number of hydrogen-bond acceptors (Lipinski definition) is 5. The van der Waals surface area contributed by atoms with Gasteiger partial charge in [-0.1, -0.05) is 31.2 Å². The molecule has 22 heavy (non-hydrogen) atoms. The summed E-state index contributed by atoms with van der Waals surface area (Å²) in [5.41, 5.74) is 2.67. The molecule has 2 aromatic rings. The van der Waals surface area contributed by atoms with Crippen LogP contribution in [0, 0.1) is 6.92 Å². The van der Waals surface area contributed by atoms with Crippen LogP contribution >= 0.6 is 11.3 Å². The molecule has 116 valence electrons. The van der Waals surface area contributed by atoms with Gasteiger partial charge in [-0.25, -0.2) is 4.98 Å². The summed E-state index contributed by atoms with van der Waals surface area (Å²) in [6, 6.07) is 8.05. The summed E-state index contributed by atoms with van der Waals surface area (Å²) in [6.07, 6.45) is 1.06. The highest BCUT2D eigenvalue weighted by Crippen LogP contribution is 2.17. The first-order chi connectivity index (χ1) is 10.5. The van der Waals surface area contributed by atoms with E-state index in [-0.39, 0.29) is 17.2 Å². The Morgan fingerprint density at radius 3 is 2.41 bits per heavy atom. The Labute approximate surface area is 133 Å². The van der Waals surface area contributed by atoms with Crippen LogP contribution in [0.4, 0.5) is 0 Å². The highest BCUT2D eigenvalue weighted by molar-refractivity contribution is 7.13. The van der Waals surface area contributed by atoms with E-state index in [0.717, 1.165) is 23.3 Å². The summed E-state index contributed by atoms with van der Waals surface area (Å²) in [5.74, 6) is -1.43. The van der Waals surface area contributed by atoms with Gasteiger partial charge in [0.1, 0.15) is 5.01 Å². The maximum Gasteiger partial charge on any atom is 0.227 e. The topological polar surface area (TPSA) is 82.1 Å². The van der Waals surface area contributed by atoms with E-state index in [2.05, 4.69) is 17.2 Å². The van der Waals surface area contributed by atoms with Crippen LogP contribution < -0.4 is 10.4 Å². The first-order valence-electron chi connectivity index (χ1n) is 7.01. The first kappa shape index (κ1) is 16.2. The highest BCUT2D eigenvalue weighted by atomic mass is 32.1. The van der Waals surface area contributed by atoms with Crippen molar-refractivity contribution < 1.29 is 14.7 Å². The zero-order valence-corrected chi connectivity index (χ0v) is 13.3. The lowest BCUT2D eigenvalue weighted by Gasteiger charge is -2.05. The molecule has 5 nitrogen and oxygen atoms in total. The van der Waals surface area contributed by atoms with Gasteiger partial charge in [-0.05, 0) is 24.5 Å². The number of amides is 1. The van der Waals surface area contributed by atoms with Gasteiger partial charge in [0.2, 0.25) is 5.91 Å². The summed E-state index contributed by atoms with van der Waals surface area (Å²) < 4.78 is 0. The van der Waals surface area contributed by atoms with E-state index in [9.17, 15) is 14.7 Å². The molecule has 1 heterocycles. The van der Waals surface area contributed by atoms with Crippen LogP contribution in [0.15, 0.2) is 24.3 Å². The van der Waals surface area contributed by atoms with Crippen molar-refractivity contribution in [2.24, 2.45) is 0 Å². The Balaban J connectivity index is 1.89. The molecule has 0 radical (unpaired) electrons. The van der Waals surface area contributed by atoms with Crippen molar-refractivity contribution in [3.8, 4) is 0 Å². The van der Waals surface area contributed by atoms with E-state index in [1.165, 1.54) is 5.56 Å². The van der Waals surface area contributed by atoms with Crippen molar-refractivity contribution >= 4 is 23.2 Å². The maximum atomic E-state index is 11.9. The van der Waals surface area contributed by atoms with Crippen molar-refractivity contribution in [2.75, 3.05) is 0 Å². The van der Waals surface area contributed by atoms with Gasteiger partial charge in [0.25, 0.3) is 0 Å². The minimum Gasteiger partial charge on any atom is -0.544 e. The van der Waals surface area contributed by atoms with Crippen LogP contribution in [0.2, 0.25) is 0 Å². The number of aryl methyl sites for hydroxylation is 2. The number of carboxylic acids is 1. The zero-order chi connectivity index (χ0) is 16.1. The molecule has 0 saturated heterocycles. The second-order valence-corrected chi connectivity index (χ2v) is 6.02. The van der Waals surface area contributed by atoms with Gasteiger partial charge in [0.05, 0.1) is 23.0 Å². The second-order valence-electron chi connectivity index (χ2n) is 4.93. The molecule has 0 fully saturated rings. The average Bonchev–Trinajstić information content (AvgIpc) is 2.86. The van der Waals surface area contributed by atoms with Gasteiger partial charge in [-0.3, -0.25) is 4.79 Å². The van der Waals surface area contributed by atoms with Crippen molar-refractivity contribution in [2.45, 2.75) is 33.2 Å². The molecule has 1 amide bonds. The third-order valence-corrected chi connectivity index (χ3v) is 4.40. The third-order valence-electron chi connectivity index (χ3n) is 3.26. The Kier molecular flexibility index (Phi) is 5.27.